The molecule has 2 fully saturated rings. The average Bonchev–Trinajstić information content (AvgIpc) is 1.66. The van der Waals surface area contributed by atoms with Gasteiger partial charge >= 0.3 is 23.7 Å². The zero-order valence-corrected chi connectivity index (χ0v) is 59.2. The third-order valence-corrected chi connectivity index (χ3v) is 18.5. The van der Waals surface area contributed by atoms with E-state index in [9.17, 15) is 23.6 Å². The first-order valence-electron chi connectivity index (χ1n) is 33.2. The number of aromatic nitrogens is 2. The van der Waals surface area contributed by atoms with Crippen molar-refractivity contribution in [2.75, 3.05) is 138 Å². The highest BCUT2D eigenvalue weighted by molar-refractivity contribution is 7.23. The van der Waals surface area contributed by atoms with Crippen molar-refractivity contribution >= 4 is 78.2 Å². The third kappa shape index (κ3) is 20.8. The van der Waals surface area contributed by atoms with Crippen molar-refractivity contribution in [1.29, 1.82) is 0 Å². The smallest absolute Gasteiger partial charge is 0.397 e. The number of halogens is 2. The number of hydrogen-bond donors (Lipinski definition) is 4. The number of methoxy groups -OCH3 is 4. The minimum atomic E-state index is -1.05. The molecule has 27 heteroatoms. The highest BCUT2D eigenvalue weighted by Crippen LogP contribution is 2.44. The van der Waals surface area contributed by atoms with E-state index in [0.717, 1.165) is 126 Å². The predicted molar refractivity (Wildman–Crippen MR) is 391 cm³/mol. The number of amides is 3. The molecule has 6 heterocycles. The van der Waals surface area contributed by atoms with Gasteiger partial charge in [-0.3, -0.25) is 34.2 Å². The highest BCUT2D eigenvalue weighted by Gasteiger charge is 2.22. The lowest BCUT2D eigenvalue weighted by Gasteiger charge is -2.26. The molecule has 4 aromatic heterocycles. The van der Waals surface area contributed by atoms with E-state index < -0.39 is 35.3 Å². The molecular formula is C76H80F2N8O15S2. The van der Waals surface area contributed by atoms with Crippen LogP contribution in [0.1, 0.15) is 18.1 Å². The van der Waals surface area contributed by atoms with E-state index in [4.69, 9.17) is 53.1 Å². The van der Waals surface area contributed by atoms with Gasteiger partial charge < -0.3 is 73.8 Å². The third-order valence-electron chi connectivity index (χ3n) is 16.2. The van der Waals surface area contributed by atoms with E-state index in [-0.39, 0.29) is 36.0 Å². The Kier molecular flexibility index (Phi) is 27.7. The summed E-state index contributed by atoms with van der Waals surface area (Å²) in [5.74, 6) is -0.281. The fraction of sp³-hybridized carbons (Fsp3) is 0.289. The fourth-order valence-electron chi connectivity index (χ4n) is 10.9. The molecule has 6 aromatic carbocycles. The van der Waals surface area contributed by atoms with Crippen LogP contribution < -0.4 is 59.6 Å². The van der Waals surface area contributed by atoms with E-state index in [1.807, 2.05) is 97.1 Å². The maximum atomic E-state index is 15.2. The lowest BCUT2D eigenvalue weighted by molar-refractivity contribution is -0.152. The largest absolute Gasteiger partial charge is 0.496 e. The van der Waals surface area contributed by atoms with Crippen LogP contribution in [0.15, 0.2) is 158 Å². The molecule has 23 nitrogen and oxygen atoms in total. The van der Waals surface area contributed by atoms with Crippen LogP contribution in [0.5, 0.6) is 57.5 Å². The second-order valence-corrected chi connectivity index (χ2v) is 25.0. The number of thiophene rings is 2. The van der Waals surface area contributed by atoms with E-state index in [0.29, 0.717) is 77.5 Å². The number of carbonyl (C=O) groups is 4. The molecule has 2 saturated heterocycles. The van der Waals surface area contributed by atoms with Gasteiger partial charge in [0.15, 0.2) is 46.1 Å². The Hall–Kier alpha value is -10.5. The van der Waals surface area contributed by atoms with Crippen molar-refractivity contribution in [3.05, 3.63) is 181 Å². The summed E-state index contributed by atoms with van der Waals surface area (Å²) in [7, 11) is 6.46. The summed E-state index contributed by atoms with van der Waals surface area (Å²) in [5.41, 5.74) is 10.9. The van der Waals surface area contributed by atoms with Crippen LogP contribution in [0.2, 0.25) is 0 Å². The highest BCUT2D eigenvalue weighted by atomic mass is 32.1. The normalized spacial score (nSPS) is 12.9. The van der Waals surface area contributed by atoms with Crippen LogP contribution in [0.4, 0.5) is 20.2 Å². The van der Waals surface area contributed by atoms with E-state index in [2.05, 4.69) is 40.5 Å². The number of carbonyl (C=O) groups excluding carboxylic acids is 4. The van der Waals surface area contributed by atoms with Crippen molar-refractivity contribution in [2.24, 2.45) is 5.73 Å². The topological polar surface area (TPSA) is 264 Å². The van der Waals surface area contributed by atoms with Crippen LogP contribution in [0.25, 0.3) is 41.3 Å². The number of anilines is 2. The molecule has 3 amide bonds. The first kappa shape index (κ1) is 75.2. The Bertz CT molecular complexity index is 4510. The zero-order chi connectivity index (χ0) is 72.5. The monoisotopic (exact) mass is 1450 g/mol. The Balaban J connectivity index is 0.000000195. The van der Waals surface area contributed by atoms with Crippen LogP contribution in [0.3, 0.4) is 0 Å². The summed E-state index contributed by atoms with van der Waals surface area (Å²) < 4.78 is 92.6. The number of rotatable bonds is 26. The molecule has 0 unspecified atom stereocenters. The van der Waals surface area contributed by atoms with Crippen molar-refractivity contribution in [3.63, 3.8) is 0 Å². The minimum Gasteiger partial charge on any atom is -0.496 e. The van der Waals surface area contributed by atoms with Crippen LogP contribution >= 0.6 is 22.7 Å². The summed E-state index contributed by atoms with van der Waals surface area (Å²) in [5, 5.41) is 7.31. The van der Waals surface area contributed by atoms with Gasteiger partial charge in [0.25, 0.3) is 0 Å². The first-order chi connectivity index (χ1) is 50.2. The number of ether oxygens (including phenoxy) is 11. The van der Waals surface area contributed by atoms with Gasteiger partial charge in [0.1, 0.15) is 36.2 Å². The number of fused-ring (bicyclic) bond motifs is 2. The molecule has 0 atom stereocenters. The molecular weight excluding hydrogens is 1370 g/mol. The SMILES string of the molecule is CCOC(=O)C(=O)Nc1ccc(Oc2ccnc3cc(-c4ccc(OCCN5CCOCC5)c(OC)c4)sc23)c(F)c1.COc1ccccc1CCN.COc1ccccc1CCNC(=O)C(=O)Nc1ccc(Oc2ccnc3cc(-c4ccc(OCCN5CCOCC5)c(OC)c4)sc23)c(F)c1. The quantitative estimate of drug-likeness (QED) is 0.0290. The number of nitrogens with one attached hydrogen (secondary N) is 3. The van der Waals surface area contributed by atoms with Gasteiger partial charge in [-0.15, -0.1) is 22.7 Å². The van der Waals surface area contributed by atoms with Crippen LogP contribution in [-0.2, 0) is 46.2 Å². The van der Waals surface area contributed by atoms with Gasteiger partial charge in [0, 0.05) is 104 Å². The van der Waals surface area contributed by atoms with Crippen molar-refractivity contribution in [2.45, 2.75) is 19.8 Å². The number of esters is 1. The summed E-state index contributed by atoms with van der Waals surface area (Å²) in [6, 6.07) is 41.9. The second-order valence-electron chi connectivity index (χ2n) is 22.9. The second kappa shape index (κ2) is 37.9. The maximum absolute atomic E-state index is 15.2. The van der Waals surface area contributed by atoms with Gasteiger partial charge in [-0.2, -0.15) is 0 Å². The number of benzene rings is 6. The van der Waals surface area contributed by atoms with Gasteiger partial charge in [0.05, 0.1) is 81.9 Å². The molecule has 12 rings (SSSR count). The van der Waals surface area contributed by atoms with Gasteiger partial charge in [0.2, 0.25) is 0 Å². The molecule has 2 aliphatic rings. The molecule has 540 valence electrons. The lowest BCUT2D eigenvalue weighted by atomic mass is 10.1. The van der Waals surface area contributed by atoms with Crippen molar-refractivity contribution in [1.82, 2.24) is 25.1 Å². The van der Waals surface area contributed by atoms with Crippen molar-refractivity contribution in [3.8, 4) is 78.4 Å². The Morgan fingerprint density at radius 1 is 0.505 bits per heavy atom. The molecule has 5 N–H and O–H groups in total. The number of nitrogens with two attached hydrogens (primary N) is 1. The van der Waals surface area contributed by atoms with Gasteiger partial charge in [-0.1, -0.05) is 36.4 Å². The molecule has 0 aliphatic carbocycles. The molecule has 0 saturated carbocycles. The number of hydrogen-bond acceptors (Lipinski definition) is 22. The van der Waals surface area contributed by atoms with Gasteiger partial charge in [-0.25, -0.2) is 13.6 Å². The predicted octanol–water partition coefficient (Wildman–Crippen LogP) is 12.2. The number of pyridine rings is 2. The Morgan fingerprint density at radius 2 is 0.951 bits per heavy atom. The molecule has 0 bridgehead atoms. The van der Waals surface area contributed by atoms with Crippen molar-refractivity contribution < 1.29 is 80.1 Å². The number of morpholine rings is 2. The van der Waals surface area contributed by atoms with Gasteiger partial charge in [-0.05, 0) is 133 Å². The maximum Gasteiger partial charge on any atom is 0.397 e. The van der Waals surface area contributed by atoms with E-state index in [1.54, 1.807) is 59.9 Å². The average molecular weight is 1450 g/mol. The fourth-order valence-corrected chi connectivity index (χ4v) is 13.0. The lowest BCUT2D eigenvalue weighted by Crippen LogP contribution is -2.38. The molecule has 0 spiro atoms. The summed E-state index contributed by atoms with van der Waals surface area (Å²) >= 11 is 2.90. The van der Waals surface area contributed by atoms with E-state index in [1.165, 1.54) is 52.5 Å². The summed E-state index contributed by atoms with van der Waals surface area (Å²) in [6.07, 6.45) is 4.54. The number of para-hydroxylation sites is 2. The van der Waals surface area contributed by atoms with E-state index >= 15 is 4.39 Å². The molecule has 2 aliphatic heterocycles. The molecule has 10 aromatic rings. The minimum absolute atomic E-state index is 0.0491. The molecule has 103 heavy (non-hydrogen) atoms. The number of nitrogens with zero attached hydrogens (tertiary/aromatic N) is 4. The Morgan fingerprint density at radius 3 is 1.40 bits per heavy atom. The summed E-state index contributed by atoms with van der Waals surface area (Å²) in [6.45, 7) is 11.8. The first-order valence-corrected chi connectivity index (χ1v) is 34.8. The standard InChI is InChI=1S/C37H37FN4O7S.C30H30FN3O7S.C9H13NO/c1-45-29-6-4-3-5-24(29)11-13-40-36(43)37(44)41-26-8-10-30(27(38)22-26)49-32-12-14-39-28-23-34(50-35(28)32)25-7-9-31(33(21-25)46-2)48-20-17-42-15-18-47-19-16-42;1-3-39-30(36)29(35)33-20-5-7-23(21(31)17-20)41-25-8-9-32-22-18-27(42-28(22)25)19-4-6-24(26(16-19)37-2)40-15-12-34-10-13-38-14-11-34;1-11-9-5-3-2-4-8(9)6-7-10/h3-10,12,14,21-23H,11,13,15-20H2,1-2H3,(H,40,43)(H,41,44);4-9,16-18H,3,10-15H2,1-2H3,(H,33,35);2-5H,6-7,10H2,1H3. The zero-order valence-electron chi connectivity index (χ0n) is 57.6. The summed E-state index contributed by atoms with van der Waals surface area (Å²) in [4.78, 5) is 63.6. The molecule has 0 radical (unpaired) electrons. The van der Waals surface area contributed by atoms with Crippen LogP contribution in [0, 0.1) is 11.6 Å². The van der Waals surface area contributed by atoms with Crippen LogP contribution in [-0.4, -0.2) is 171 Å². The Labute approximate surface area is 602 Å².